The van der Waals surface area contributed by atoms with E-state index in [4.69, 9.17) is 4.74 Å². The maximum absolute atomic E-state index is 4.91. The van der Waals surface area contributed by atoms with Crippen molar-refractivity contribution in [2.45, 2.75) is 13.8 Å². The van der Waals surface area contributed by atoms with E-state index < -0.39 is 0 Å². The maximum Gasteiger partial charge on any atom is 0.114 e. The monoisotopic (exact) mass is 112 g/mol. The normalized spacial score (nSPS) is 12.6. The molecular weight excluding hydrogens is 100 g/mol. The maximum atomic E-state index is 4.91. The summed E-state index contributed by atoms with van der Waals surface area (Å²) >= 11 is 0. The van der Waals surface area contributed by atoms with Gasteiger partial charge in [0.05, 0.1) is 7.11 Å². The number of rotatable bonds is 2. The molecule has 0 fully saturated rings. The molecule has 0 spiro atoms. The van der Waals surface area contributed by atoms with Gasteiger partial charge in [-0.05, 0) is 26.0 Å². The lowest BCUT2D eigenvalue weighted by Gasteiger charge is -1.94. The van der Waals surface area contributed by atoms with Gasteiger partial charge in [-0.3, -0.25) is 0 Å². The third-order valence-electron chi connectivity index (χ3n) is 0.851. The zero-order valence-electron chi connectivity index (χ0n) is 5.64. The number of methoxy groups -OCH3 is 1. The Labute approximate surface area is 50.7 Å². The van der Waals surface area contributed by atoms with E-state index in [1.54, 1.807) is 7.11 Å². The first-order valence-electron chi connectivity index (χ1n) is 2.68. The minimum absolute atomic E-state index is 0.910. The number of hydrogen-bond donors (Lipinski definition) is 0. The molecule has 0 saturated heterocycles. The fourth-order valence-corrected chi connectivity index (χ4v) is 0.446. The quantitative estimate of drug-likeness (QED) is 0.392. The van der Waals surface area contributed by atoms with E-state index in [9.17, 15) is 0 Å². The second-order valence-corrected chi connectivity index (χ2v) is 1.40. The summed E-state index contributed by atoms with van der Waals surface area (Å²) in [5.41, 5.74) is 0. The Balaban J connectivity index is 3.72. The van der Waals surface area contributed by atoms with Gasteiger partial charge in [0.25, 0.3) is 0 Å². The van der Waals surface area contributed by atoms with Crippen molar-refractivity contribution in [3.05, 3.63) is 24.0 Å². The summed E-state index contributed by atoms with van der Waals surface area (Å²) in [5.74, 6) is 0.910. The van der Waals surface area contributed by atoms with Crippen molar-refractivity contribution in [1.82, 2.24) is 0 Å². The van der Waals surface area contributed by atoms with Gasteiger partial charge in [-0.1, -0.05) is 6.08 Å². The molecule has 0 amide bonds. The second-order valence-electron chi connectivity index (χ2n) is 1.40. The van der Waals surface area contributed by atoms with Crippen molar-refractivity contribution >= 4 is 0 Å². The van der Waals surface area contributed by atoms with Crippen LogP contribution in [0.3, 0.4) is 0 Å². The molecule has 0 aromatic carbocycles. The van der Waals surface area contributed by atoms with Crippen LogP contribution in [-0.4, -0.2) is 7.11 Å². The van der Waals surface area contributed by atoms with E-state index in [0.717, 1.165) is 5.76 Å². The molecule has 0 aromatic heterocycles. The fourth-order valence-electron chi connectivity index (χ4n) is 0.446. The summed E-state index contributed by atoms with van der Waals surface area (Å²) < 4.78 is 4.91. The first-order chi connectivity index (χ1) is 3.85. The molecule has 1 nitrogen and oxygen atoms in total. The molecule has 0 rings (SSSR count). The minimum Gasteiger partial charge on any atom is -0.497 e. The van der Waals surface area contributed by atoms with Crippen molar-refractivity contribution < 1.29 is 4.74 Å². The Morgan fingerprint density at radius 2 is 2.00 bits per heavy atom. The summed E-state index contributed by atoms with van der Waals surface area (Å²) in [7, 11) is 1.66. The van der Waals surface area contributed by atoms with Crippen LogP contribution in [0.25, 0.3) is 0 Å². The molecule has 0 aliphatic heterocycles. The van der Waals surface area contributed by atoms with Crippen molar-refractivity contribution in [3.63, 3.8) is 0 Å². The van der Waals surface area contributed by atoms with Crippen LogP contribution in [0.5, 0.6) is 0 Å². The van der Waals surface area contributed by atoms with Crippen molar-refractivity contribution in [2.75, 3.05) is 7.11 Å². The van der Waals surface area contributed by atoms with Gasteiger partial charge < -0.3 is 4.74 Å². The molecule has 0 unspecified atom stereocenters. The van der Waals surface area contributed by atoms with Gasteiger partial charge in [0.2, 0.25) is 0 Å². The van der Waals surface area contributed by atoms with E-state index in [1.165, 1.54) is 0 Å². The largest absolute Gasteiger partial charge is 0.497 e. The fraction of sp³-hybridized carbons (Fsp3) is 0.429. The highest BCUT2D eigenvalue weighted by atomic mass is 16.5. The molecule has 0 aromatic rings. The first-order valence-corrected chi connectivity index (χ1v) is 2.68. The lowest BCUT2D eigenvalue weighted by atomic mass is 10.4. The van der Waals surface area contributed by atoms with Crippen molar-refractivity contribution in [3.8, 4) is 0 Å². The Kier molecular flexibility index (Phi) is 4.04. The molecule has 0 heterocycles. The highest BCUT2D eigenvalue weighted by Gasteiger charge is 1.79. The molecule has 0 bridgehead atoms. The predicted molar refractivity (Wildman–Crippen MR) is 35.6 cm³/mol. The average molecular weight is 112 g/mol. The second kappa shape index (κ2) is 4.44. The summed E-state index contributed by atoms with van der Waals surface area (Å²) in [6, 6.07) is 0. The van der Waals surface area contributed by atoms with Gasteiger partial charge in [-0.25, -0.2) is 0 Å². The third kappa shape index (κ3) is 2.45. The van der Waals surface area contributed by atoms with Crippen LogP contribution in [-0.2, 0) is 4.74 Å². The van der Waals surface area contributed by atoms with E-state index in [2.05, 4.69) is 0 Å². The molecule has 1 heteroatoms. The predicted octanol–water partition coefficient (Wildman–Crippen LogP) is 2.11. The van der Waals surface area contributed by atoms with Gasteiger partial charge in [0.1, 0.15) is 5.76 Å². The van der Waals surface area contributed by atoms with Gasteiger partial charge in [0, 0.05) is 0 Å². The molecule has 8 heavy (non-hydrogen) atoms. The van der Waals surface area contributed by atoms with Crippen molar-refractivity contribution in [2.24, 2.45) is 0 Å². The number of ether oxygens (including phenoxy) is 1. The molecule has 0 aliphatic rings. The Bertz CT molecular complexity index is 98.2. The lowest BCUT2D eigenvalue weighted by Crippen LogP contribution is -1.77. The topological polar surface area (TPSA) is 9.23 Å². The van der Waals surface area contributed by atoms with E-state index >= 15 is 0 Å². The molecular formula is C7H12O. The Morgan fingerprint density at radius 3 is 2.12 bits per heavy atom. The standard InChI is InChI=1S/C7H12O/c1-4-6-7(5-2)8-3/h4-6H,1-3H3/b6-4+,7-5-. The summed E-state index contributed by atoms with van der Waals surface area (Å²) in [5, 5.41) is 0. The van der Waals surface area contributed by atoms with Crippen LogP contribution in [0.2, 0.25) is 0 Å². The van der Waals surface area contributed by atoms with E-state index in [-0.39, 0.29) is 0 Å². The number of hydrogen-bond acceptors (Lipinski definition) is 1. The Morgan fingerprint density at radius 1 is 1.38 bits per heavy atom. The number of allylic oxidation sites excluding steroid dienone is 3. The van der Waals surface area contributed by atoms with Crippen molar-refractivity contribution in [1.29, 1.82) is 0 Å². The molecule has 0 atom stereocenters. The molecule has 0 N–H and O–H groups in total. The van der Waals surface area contributed by atoms with Crippen LogP contribution in [0.1, 0.15) is 13.8 Å². The van der Waals surface area contributed by atoms with Crippen LogP contribution < -0.4 is 0 Å². The smallest absolute Gasteiger partial charge is 0.114 e. The molecule has 0 radical (unpaired) electrons. The zero-order chi connectivity index (χ0) is 6.41. The third-order valence-corrected chi connectivity index (χ3v) is 0.851. The molecule has 46 valence electrons. The highest BCUT2D eigenvalue weighted by Crippen LogP contribution is 1.94. The van der Waals surface area contributed by atoms with Gasteiger partial charge in [-0.15, -0.1) is 0 Å². The van der Waals surface area contributed by atoms with E-state index in [1.807, 2.05) is 32.1 Å². The van der Waals surface area contributed by atoms with Gasteiger partial charge in [-0.2, -0.15) is 0 Å². The van der Waals surface area contributed by atoms with Crippen LogP contribution in [0, 0.1) is 0 Å². The van der Waals surface area contributed by atoms with Crippen LogP contribution >= 0.6 is 0 Å². The lowest BCUT2D eigenvalue weighted by molar-refractivity contribution is 0.306. The SMILES string of the molecule is C/C=C(/C=C/C)OC. The van der Waals surface area contributed by atoms with E-state index in [0.29, 0.717) is 0 Å². The minimum atomic E-state index is 0.910. The highest BCUT2D eigenvalue weighted by molar-refractivity contribution is 5.09. The Hall–Kier alpha value is -0.720. The van der Waals surface area contributed by atoms with Crippen LogP contribution in [0.4, 0.5) is 0 Å². The van der Waals surface area contributed by atoms with Crippen LogP contribution in [0.15, 0.2) is 24.0 Å². The summed E-state index contributed by atoms with van der Waals surface area (Å²) in [6.07, 6.45) is 5.78. The van der Waals surface area contributed by atoms with Gasteiger partial charge in [0.15, 0.2) is 0 Å². The average Bonchev–Trinajstić information content (AvgIpc) is 1.83. The zero-order valence-corrected chi connectivity index (χ0v) is 5.64. The summed E-state index contributed by atoms with van der Waals surface area (Å²) in [6.45, 7) is 3.90. The molecule has 0 aliphatic carbocycles. The molecule has 0 saturated carbocycles. The summed E-state index contributed by atoms with van der Waals surface area (Å²) in [4.78, 5) is 0. The van der Waals surface area contributed by atoms with Gasteiger partial charge >= 0.3 is 0 Å². The first kappa shape index (κ1) is 7.28.